The van der Waals surface area contributed by atoms with Crippen LogP contribution in [-0.4, -0.2) is 0 Å². The van der Waals surface area contributed by atoms with Gasteiger partial charge in [0.2, 0.25) is 0 Å². The molecule has 1 aromatic rings. The summed E-state index contributed by atoms with van der Waals surface area (Å²) in [6.07, 6.45) is 6.76. The van der Waals surface area contributed by atoms with Crippen LogP contribution in [0.1, 0.15) is 36.5 Å². The maximum Gasteiger partial charge on any atom is -0.00948 e. The second-order valence-corrected chi connectivity index (χ2v) is 3.81. The molecule has 76 valence electrons. The third-order valence-corrected chi connectivity index (χ3v) is 2.66. The highest BCUT2D eigenvalue weighted by Crippen LogP contribution is 2.17. The molecule has 0 bridgehead atoms. The van der Waals surface area contributed by atoms with Crippen LogP contribution in [0.4, 0.5) is 0 Å². The molecule has 0 aliphatic carbocycles. The number of rotatable bonds is 5. The molecule has 0 aliphatic rings. The third kappa shape index (κ3) is 2.73. The predicted octanol–water partition coefficient (Wildman–Crippen LogP) is 4.07. The lowest BCUT2D eigenvalue weighted by atomic mass is 9.96. The molecule has 0 heteroatoms. The molecule has 0 saturated heterocycles. The van der Waals surface area contributed by atoms with Gasteiger partial charge in [-0.25, -0.2) is 0 Å². The first-order valence-corrected chi connectivity index (χ1v) is 5.47. The zero-order valence-electron chi connectivity index (χ0n) is 9.34. The van der Waals surface area contributed by atoms with E-state index in [1.54, 1.807) is 0 Å². The highest BCUT2D eigenvalue weighted by Gasteiger charge is 2.02. The van der Waals surface area contributed by atoms with Gasteiger partial charge in [-0.2, -0.15) is 0 Å². The Balaban J connectivity index is 2.89. The van der Waals surface area contributed by atoms with Crippen molar-refractivity contribution in [3.63, 3.8) is 0 Å². The Hall–Kier alpha value is -1.04. The van der Waals surface area contributed by atoms with Gasteiger partial charge in [-0.1, -0.05) is 37.6 Å². The molecule has 1 aromatic carbocycles. The minimum Gasteiger partial charge on any atom is -0.103 e. The number of unbranched alkanes of at least 4 members (excludes halogenated alkanes) is 1. The van der Waals surface area contributed by atoms with E-state index in [-0.39, 0.29) is 0 Å². The maximum absolute atomic E-state index is 3.82. The molecule has 0 N–H and O–H groups in total. The molecule has 0 saturated carbocycles. The molecule has 1 rings (SSSR count). The molecular weight excluding hydrogens is 168 g/mol. The van der Waals surface area contributed by atoms with E-state index in [1.165, 1.54) is 36.0 Å². The van der Waals surface area contributed by atoms with Gasteiger partial charge in [0, 0.05) is 0 Å². The van der Waals surface area contributed by atoms with Crippen LogP contribution < -0.4 is 0 Å². The molecule has 14 heavy (non-hydrogen) atoms. The molecule has 0 heterocycles. The van der Waals surface area contributed by atoms with E-state index in [2.05, 4.69) is 38.6 Å². The minimum atomic E-state index is 1.01. The van der Waals surface area contributed by atoms with E-state index >= 15 is 0 Å². The zero-order valence-corrected chi connectivity index (χ0v) is 9.34. The molecule has 0 atom stereocenters. The highest BCUT2D eigenvalue weighted by molar-refractivity contribution is 5.35. The topological polar surface area (TPSA) is 0 Å². The van der Waals surface area contributed by atoms with Gasteiger partial charge in [0.25, 0.3) is 0 Å². The Morgan fingerprint density at radius 1 is 1.36 bits per heavy atom. The molecule has 0 aliphatic heterocycles. The van der Waals surface area contributed by atoms with Gasteiger partial charge in [0.15, 0.2) is 0 Å². The fourth-order valence-electron chi connectivity index (χ4n) is 1.80. The Bertz CT molecular complexity index is 297. The fraction of sp³-hybridized carbons (Fsp3) is 0.429. The number of aryl methyl sites for hydroxylation is 2. The lowest BCUT2D eigenvalue weighted by Gasteiger charge is -2.10. The quantitative estimate of drug-likeness (QED) is 0.611. The average molecular weight is 188 g/mol. The van der Waals surface area contributed by atoms with Gasteiger partial charge in [-0.3, -0.25) is 0 Å². The standard InChI is InChI=1S/C14H20/c1-4-6-10-13-11-7-9-12(3)14(13)8-5-2/h5,7,9,11H,2,4,6,8,10H2,1,3H3. The molecule has 0 fully saturated rings. The second kappa shape index (κ2) is 5.64. The minimum absolute atomic E-state index is 1.01. The van der Waals surface area contributed by atoms with Gasteiger partial charge in [0.05, 0.1) is 0 Å². The summed E-state index contributed by atoms with van der Waals surface area (Å²) in [5, 5.41) is 0. The summed E-state index contributed by atoms with van der Waals surface area (Å²) in [5.41, 5.74) is 4.39. The second-order valence-electron chi connectivity index (χ2n) is 3.81. The van der Waals surface area contributed by atoms with Crippen molar-refractivity contribution in [3.05, 3.63) is 47.5 Å². The molecule has 0 amide bonds. The molecule has 0 aromatic heterocycles. The maximum atomic E-state index is 3.82. The highest BCUT2D eigenvalue weighted by atomic mass is 14.1. The van der Waals surface area contributed by atoms with Crippen molar-refractivity contribution in [2.75, 3.05) is 0 Å². The van der Waals surface area contributed by atoms with Crippen LogP contribution in [0.2, 0.25) is 0 Å². The molecule has 0 unspecified atom stereocenters. The van der Waals surface area contributed by atoms with Crippen LogP contribution in [0.3, 0.4) is 0 Å². The van der Waals surface area contributed by atoms with Crippen LogP contribution in [-0.2, 0) is 12.8 Å². The van der Waals surface area contributed by atoms with E-state index in [0.29, 0.717) is 0 Å². The summed E-state index contributed by atoms with van der Waals surface area (Å²) in [4.78, 5) is 0. The lowest BCUT2D eigenvalue weighted by Crippen LogP contribution is -1.96. The van der Waals surface area contributed by atoms with Crippen molar-refractivity contribution in [1.29, 1.82) is 0 Å². The van der Waals surface area contributed by atoms with Crippen LogP contribution in [0.25, 0.3) is 0 Å². The normalized spacial score (nSPS) is 10.1. The largest absolute Gasteiger partial charge is 0.103 e. The average Bonchev–Trinajstić information content (AvgIpc) is 2.19. The van der Waals surface area contributed by atoms with Crippen molar-refractivity contribution in [2.24, 2.45) is 0 Å². The number of hydrogen-bond acceptors (Lipinski definition) is 0. The fourth-order valence-corrected chi connectivity index (χ4v) is 1.80. The molecule has 0 spiro atoms. The third-order valence-electron chi connectivity index (χ3n) is 2.66. The summed E-state index contributed by atoms with van der Waals surface area (Å²) in [5.74, 6) is 0. The summed E-state index contributed by atoms with van der Waals surface area (Å²) >= 11 is 0. The number of benzene rings is 1. The van der Waals surface area contributed by atoms with Crippen molar-refractivity contribution >= 4 is 0 Å². The Labute approximate surface area is 87.7 Å². The Kier molecular flexibility index (Phi) is 4.45. The van der Waals surface area contributed by atoms with Crippen LogP contribution >= 0.6 is 0 Å². The van der Waals surface area contributed by atoms with E-state index in [1.807, 2.05) is 6.08 Å². The molecule has 0 nitrogen and oxygen atoms in total. The predicted molar refractivity (Wildman–Crippen MR) is 63.7 cm³/mol. The van der Waals surface area contributed by atoms with E-state index in [4.69, 9.17) is 0 Å². The van der Waals surface area contributed by atoms with Crippen LogP contribution in [0, 0.1) is 6.92 Å². The molecule has 0 radical (unpaired) electrons. The van der Waals surface area contributed by atoms with E-state index in [9.17, 15) is 0 Å². The first kappa shape index (κ1) is 11.0. The zero-order chi connectivity index (χ0) is 10.4. The number of allylic oxidation sites excluding steroid dienone is 1. The van der Waals surface area contributed by atoms with Crippen molar-refractivity contribution in [1.82, 2.24) is 0 Å². The Morgan fingerprint density at radius 3 is 2.79 bits per heavy atom. The first-order chi connectivity index (χ1) is 6.79. The number of hydrogen-bond donors (Lipinski definition) is 0. The Morgan fingerprint density at radius 2 is 2.14 bits per heavy atom. The van der Waals surface area contributed by atoms with Gasteiger partial charge in [0.1, 0.15) is 0 Å². The summed E-state index contributed by atoms with van der Waals surface area (Å²) < 4.78 is 0. The lowest BCUT2D eigenvalue weighted by molar-refractivity contribution is 0.788. The molecular formula is C14H20. The van der Waals surface area contributed by atoms with Crippen molar-refractivity contribution in [2.45, 2.75) is 39.5 Å². The summed E-state index contributed by atoms with van der Waals surface area (Å²) in [6.45, 7) is 8.25. The van der Waals surface area contributed by atoms with E-state index < -0.39 is 0 Å². The van der Waals surface area contributed by atoms with Gasteiger partial charge >= 0.3 is 0 Å². The van der Waals surface area contributed by atoms with Crippen molar-refractivity contribution < 1.29 is 0 Å². The smallest absolute Gasteiger partial charge is 0.00948 e. The monoisotopic (exact) mass is 188 g/mol. The van der Waals surface area contributed by atoms with Crippen LogP contribution in [0.5, 0.6) is 0 Å². The summed E-state index contributed by atoms with van der Waals surface area (Å²) in [7, 11) is 0. The summed E-state index contributed by atoms with van der Waals surface area (Å²) in [6, 6.07) is 6.60. The van der Waals surface area contributed by atoms with Crippen molar-refractivity contribution in [3.8, 4) is 0 Å². The van der Waals surface area contributed by atoms with E-state index in [0.717, 1.165) is 6.42 Å². The SMILES string of the molecule is C=CCc1c(C)cccc1CCCC. The van der Waals surface area contributed by atoms with Gasteiger partial charge in [-0.05, 0) is 42.9 Å². The van der Waals surface area contributed by atoms with Gasteiger partial charge < -0.3 is 0 Å². The van der Waals surface area contributed by atoms with Crippen LogP contribution in [0.15, 0.2) is 30.9 Å². The first-order valence-electron chi connectivity index (χ1n) is 5.47. The van der Waals surface area contributed by atoms with Gasteiger partial charge in [-0.15, -0.1) is 6.58 Å².